The minimum Gasteiger partial charge on any atom is -0.271 e. The van der Waals surface area contributed by atoms with Crippen molar-refractivity contribution in [3.63, 3.8) is 0 Å². The summed E-state index contributed by atoms with van der Waals surface area (Å²) in [5.74, 6) is 5.23. The van der Waals surface area contributed by atoms with Crippen LogP contribution < -0.4 is 11.3 Å². The molecule has 1 unspecified atom stereocenters. The van der Waals surface area contributed by atoms with E-state index in [1.54, 1.807) is 12.4 Å². The average molecular weight is 210 g/mol. The van der Waals surface area contributed by atoms with E-state index in [9.17, 15) is 0 Å². The summed E-state index contributed by atoms with van der Waals surface area (Å²) in [6.07, 6.45) is 3.51. The van der Waals surface area contributed by atoms with Gasteiger partial charge in [0.15, 0.2) is 0 Å². The lowest BCUT2D eigenvalue weighted by Gasteiger charge is -2.08. The molecule has 0 bridgehead atoms. The molecule has 0 radical (unpaired) electrons. The summed E-state index contributed by atoms with van der Waals surface area (Å²) in [5.41, 5.74) is 3.80. The third-order valence-electron chi connectivity index (χ3n) is 1.46. The second-order valence-electron chi connectivity index (χ2n) is 2.17. The summed E-state index contributed by atoms with van der Waals surface area (Å²) >= 11 is 0. The van der Waals surface area contributed by atoms with E-state index in [4.69, 9.17) is 5.84 Å². The number of nitrogens with one attached hydrogen (secondary N) is 1. The number of pyridine rings is 1. The van der Waals surface area contributed by atoms with Crippen LogP contribution in [0.3, 0.4) is 0 Å². The fraction of sp³-hybridized carbons (Fsp3) is 0.286. The molecule has 12 heavy (non-hydrogen) atoms. The zero-order valence-electron chi connectivity index (χ0n) is 6.73. The fourth-order valence-electron chi connectivity index (χ4n) is 0.748. The van der Waals surface area contributed by atoms with E-state index in [0.717, 1.165) is 5.56 Å². The van der Waals surface area contributed by atoms with Crippen molar-refractivity contribution in [1.29, 1.82) is 0 Å². The second kappa shape index (κ2) is 7.31. The Kier molecular flexibility index (Phi) is 8.64. The molecule has 1 aromatic heterocycles. The minimum atomic E-state index is 0. The Hall–Kier alpha value is -0.350. The van der Waals surface area contributed by atoms with Crippen molar-refractivity contribution in [2.75, 3.05) is 0 Å². The molecule has 70 valence electrons. The smallest absolute Gasteiger partial charge is 0.0432 e. The minimum absolute atomic E-state index is 0. The maximum atomic E-state index is 5.23. The highest BCUT2D eigenvalue weighted by atomic mass is 35.5. The number of rotatable bonds is 2. The first-order chi connectivity index (χ1) is 4.84. The predicted molar refractivity (Wildman–Crippen MR) is 54.5 cm³/mol. The summed E-state index contributed by atoms with van der Waals surface area (Å²) in [7, 11) is 0. The molecule has 3 nitrogen and oxygen atoms in total. The molecule has 0 saturated carbocycles. The highest BCUT2D eigenvalue weighted by Crippen LogP contribution is 2.07. The summed E-state index contributed by atoms with van der Waals surface area (Å²) in [4.78, 5) is 3.89. The Labute approximate surface area is 84.5 Å². The third kappa shape index (κ3) is 3.88. The SMILES string of the molecule is CC(NN)c1ccncc1.Cl.Cl. The Morgan fingerprint density at radius 2 is 1.83 bits per heavy atom. The molecule has 1 heterocycles. The maximum absolute atomic E-state index is 5.23. The van der Waals surface area contributed by atoms with Crippen LogP contribution in [0.25, 0.3) is 0 Å². The molecule has 0 aliphatic rings. The number of hydrogen-bond donors (Lipinski definition) is 2. The molecule has 0 amide bonds. The van der Waals surface area contributed by atoms with Gasteiger partial charge < -0.3 is 0 Å². The maximum Gasteiger partial charge on any atom is 0.0432 e. The quantitative estimate of drug-likeness (QED) is 0.573. The van der Waals surface area contributed by atoms with Gasteiger partial charge in [-0.2, -0.15) is 0 Å². The lowest BCUT2D eigenvalue weighted by molar-refractivity contribution is 0.602. The predicted octanol–water partition coefficient (Wildman–Crippen LogP) is 1.45. The Morgan fingerprint density at radius 3 is 2.25 bits per heavy atom. The first kappa shape index (κ1) is 14.2. The van der Waals surface area contributed by atoms with Crippen LogP contribution in [0.2, 0.25) is 0 Å². The van der Waals surface area contributed by atoms with E-state index in [1.165, 1.54) is 0 Å². The molecule has 0 spiro atoms. The molecule has 5 heteroatoms. The number of hydrogen-bond acceptors (Lipinski definition) is 3. The largest absolute Gasteiger partial charge is 0.271 e. The number of nitrogens with zero attached hydrogens (tertiary/aromatic N) is 1. The fourth-order valence-corrected chi connectivity index (χ4v) is 0.748. The molecule has 1 aromatic rings. The third-order valence-corrected chi connectivity index (χ3v) is 1.46. The van der Waals surface area contributed by atoms with Gasteiger partial charge >= 0.3 is 0 Å². The van der Waals surface area contributed by atoms with Crippen LogP contribution in [0.5, 0.6) is 0 Å². The van der Waals surface area contributed by atoms with Gasteiger partial charge in [0, 0.05) is 18.4 Å². The van der Waals surface area contributed by atoms with Gasteiger partial charge in [-0.25, -0.2) is 0 Å². The standard InChI is InChI=1S/C7H11N3.2ClH/c1-6(10-8)7-2-4-9-5-3-7;;/h2-6,10H,8H2,1H3;2*1H. The van der Waals surface area contributed by atoms with Gasteiger partial charge in [-0.3, -0.25) is 16.3 Å². The molecule has 3 N–H and O–H groups in total. The molecule has 0 fully saturated rings. The molecular formula is C7H13Cl2N3. The van der Waals surface area contributed by atoms with E-state index in [1.807, 2.05) is 19.1 Å². The average Bonchev–Trinajstić information content (AvgIpc) is 2.05. The van der Waals surface area contributed by atoms with Crippen LogP contribution in [0.15, 0.2) is 24.5 Å². The Bertz CT molecular complexity index is 193. The van der Waals surface area contributed by atoms with Crippen molar-refractivity contribution >= 4 is 24.8 Å². The highest BCUT2D eigenvalue weighted by Gasteiger charge is 1.98. The van der Waals surface area contributed by atoms with Crippen molar-refractivity contribution in [1.82, 2.24) is 10.4 Å². The summed E-state index contributed by atoms with van der Waals surface area (Å²) in [5, 5.41) is 0. The van der Waals surface area contributed by atoms with Gasteiger partial charge in [0.1, 0.15) is 0 Å². The number of halogens is 2. The van der Waals surface area contributed by atoms with Gasteiger partial charge in [-0.05, 0) is 24.6 Å². The van der Waals surface area contributed by atoms with Crippen molar-refractivity contribution < 1.29 is 0 Å². The van der Waals surface area contributed by atoms with Crippen molar-refractivity contribution in [3.8, 4) is 0 Å². The Balaban J connectivity index is 0. The lowest BCUT2D eigenvalue weighted by Crippen LogP contribution is -2.25. The van der Waals surface area contributed by atoms with E-state index in [0.29, 0.717) is 0 Å². The Morgan fingerprint density at radius 1 is 1.33 bits per heavy atom. The number of hydrazine groups is 1. The van der Waals surface area contributed by atoms with Crippen LogP contribution in [0.1, 0.15) is 18.5 Å². The van der Waals surface area contributed by atoms with Crippen LogP contribution in [0, 0.1) is 0 Å². The topological polar surface area (TPSA) is 50.9 Å². The molecule has 0 aromatic carbocycles. The van der Waals surface area contributed by atoms with E-state index in [2.05, 4.69) is 10.4 Å². The summed E-state index contributed by atoms with van der Waals surface area (Å²) < 4.78 is 0. The molecule has 0 saturated heterocycles. The van der Waals surface area contributed by atoms with Crippen LogP contribution >= 0.6 is 24.8 Å². The highest BCUT2D eigenvalue weighted by molar-refractivity contribution is 5.85. The van der Waals surface area contributed by atoms with Gasteiger partial charge in [-0.15, -0.1) is 24.8 Å². The molecule has 1 rings (SSSR count). The van der Waals surface area contributed by atoms with Gasteiger partial charge in [-0.1, -0.05) is 0 Å². The summed E-state index contributed by atoms with van der Waals surface area (Å²) in [6, 6.07) is 4.07. The van der Waals surface area contributed by atoms with E-state index < -0.39 is 0 Å². The van der Waals surface area contributed by atoms with E-state index >= 15 is 0 Å². The van der Waals surface area contributed by atoms with Crippen molar-refractivity contribution in [2.24, 2.45) is 5.84 Å². The molecule has 0 aliphatic heterocycles. The monoisotopic (exact) mass is 209 g/mol. The molecular weight excluding hydrogens is 197 g/mol. The normalized spacial score (nSPS) is 10.8. The molecule has 0 aliphatic carbocycles. The first-order valence-electron chi connectivity index (χ1n) is 3.20. The van der Waals surface area contributed by atoms with E-state index in [-0.39, 0.29) is 30.9 Å². The van der Waals surface area contributed by atoms with Gasteiger partial charge in [0.25, 0.3) is 0 Å². The zero-order valence-corrected chi connectivity index (χ0v) is 8.36. The van der Waals surface area contributed by atoms with Crippen LogP contribution in [-0.4, -0.2) is 4.98 Å². The number of nitrogens with two attached hydrogens (primary N) is 1. The van der Waals surface area contributed by atoms with Crippen LogP contribution in [0.4, 0.5) is 0 Å². The zero-order chi connectivity index (χ0) is 7.40. The van der Waals surface area contributed by atoms with Crippen LogP contribution in [-0.2, 0) is 0 Å². The van der Waals surface area contributed by atoms with Crippen molar-refractivity contribution in [2.45, 2.75) is 13.0 Å². The molecule has 1 atom stereocenters. The lowest BCUT2D eigenvalue weighted by atomic mass is 10.1. The van der Waals surface area contributed by atoms with Gasteiger partial charge in [0.2, 0.25) is 0 Å². The first-order valence-corrected chi connectivity index (χ1v) is 3.20. The van der Waals surface area contributed by atoms with Crippen molar-refractivity contribution in [3.05, 3.63) is 30.1 Å². The second-order valence-corrected chi connectivity index (χ2v) is 2.17. The van der Waals surface area contributed by atoms with Gasteiger partial charge in [0.05, 0.1) is 0 Å². The number of aromatic nitrogens is 1. The summed E-state index contributed by atoms with van der Waals surface area (Å²) in [6.45, 7) is 2.00.